The van der Waals surface area contributed by atoms with E-state index in [4.69, 9.17) is 0 Å². The van der Waals surface area contributed by atoms with Gasteiger partial charge in [0.05, 0.1) is 0 Å². The van der Waals surface area contributed by atoms with E-state index in [0.29, 0.717) is 5.69 Å². The van der Waals surface area contributed by atoms with Crippen LogP contribution in [-0.4, -0.2) is 21.6 Å². The summed E-state index contributed by atoms with van der Waals surface area (Å²) in [5.41, 5.74) is 0.558. The van der Waals surface area contributed by atoms with Gasteiger partial charge in [0.25, 0.3) is 0 Å². The van der Waals surface area contributed by atoms with Crippen molar-refractivity contribution in [3.05, 3.63) is 18.0 Å². The first kappa shape index (κ1) is 6.35. The molecule has 4 heteroatoms. The molecule has 0 aliphatic heterocycles. The topological polar surface area (TPSA) is 45.8 Å². The Kier molecular flexibility index (Phi) is 1.89. The van der Waals surface area contributed by atoms with Crippen LogP contribution >= 0.6 is 11.8 Å². The van der Waals surface area contributed by atoms with Crippen LogP contribution in [0, 0.1) is 0 Å². The van der Waals surface area contributed by atoms with Gasteiger partial charge < -0.3 is 0 Å². The Morgan fingerprint density at radius 2 is 2.67 bits per heavy atom. The molecule has 9 heavy (non-hydrogen) atoms. The second-order valence-corrected chi connectivity index (χ2v) is 2.24. The Labute approximate surface area is 56.8 Å². The number of hydrogen-bond acceptors (Lipinski definition) is 3. The molecule has 3 nitrogen and oxygen atoms in total. The van der Waals surface area contributed by atoms with E-state index in [0.717, 1.165) is 0 Å². The van der Waals surface area contributed by atoms with E-state index < -0.39 is 0 Å². The average Bonchev–Trinajstić information content (AvgIpc) is 2.37. The maximum Gasteiger partial charge on any atom is 0.236 e. The number of carbonyl (C=O) groups excluding carboxylic acids is 1. The van der Waals surface area contributed by atoms with Gasteiger partial charge in [-0.15, -0.1) is 0 Å². The van der Waals surface area contributed by atoms with Crippen molar-refractivity contribution in [3.8, 4) is 0 Å². The third-order valence-corrected chi connectivity index (χ3v) is 1.50. The molecule has 1 aromatic rings. The van der Waals surface area contributed by atoms with Crippen molar-refractivity contribution < 1.29 is 4.79 Å². The molecule has 0 atom stereocenters. The van der Waals surface area contributed by atoms with Gasteiger partial charge in [0.1, 0.15) is 5.69 Å². The van der Waals surface area contributed by atoms with E-state index in [9.17, 15) is 4.79 Å². The van der Waals surface area contributed by atoms with Crippen LogP contribution in [0.5, 0.6) is 0 Å². The van der Waals surface area contributed by atoms with E-state index in [1.54, 1.807) is 18.5 Å². The fourth-order valence-corrected chi connectivity index (χ4v) is 0.813. The third kappa shape index (κ3) is 1.32. The summed E-state index contributed by atoms with van der Waals surface area (Å²) in [7, 11) is 0. The van der Waals surface area contributed by atoms with Gasteiger partial charge in [-0.1, -0.05) is 11.8 Å². The minimum absolute atomic E-state index is 0.0208. The summed E-state index contributed by atoms with van der Waals surface area (Å²) in [6.45, 7) is 0. The molecule has 0 bridgehead atoms. The standard InChI is InChI=1S/C5H6N2OS/c1-9-5(8)4-2-3-6-7-4/h2-3H,1H3,(H,6,7). The van der Waals surface area contributed by atoms with Crippen LogP contribution in [0.4, 0.5) is 0 Å². The van der Waals surface area contributed by atoms with Crippen molar-refractivity contribution in [2.75, 3.05) is 6.26 Å². The predicted molar refractivity (Wildman–Crippen MR) is 36.4 cm³/mol. The Hall–Kier alpha value is -0.770. The first-order valence-electron chi connectivity index (χ1n) is 2.42. The zero-order valence-corrected chi connectivity index (χ0v) is 5.73. The summed E-state index contributed by atoms with van der Waals surface area (Å²) >= 11 is 1.17. The van der Waals surface area contributed by atoms with Gasteiger partial charge in [-0.3, -0.25) is 9.89 Å². The van der Waals surface area contributed by atoms with Gasteiger partial charge in [-0.25, -0.2) is 0 Å². The number of nitrogens with one attached hydrogen (secondary N) is 1. The van der Waals surface area contributed by atoms with E-state index >= 15 is 0 Å². The molecule has 0 saturated heterocycles. The molecule has 0 aliphatic rings. The van der Waals surface area contributed by atoms with Gasteiger partial charge >= 0.3 is 0 Å². The first-order chi connectivity index (χ1) is 4.34. The minimum Gasteiger partial charge on any atom is -0.280 e. The van der Waals surface area contributed by atoms with E-state index in [1.165, 1.54) is 11.8 Å². The van der Waals surface area contributed by atoms with Crippen LogP contribution in [-0.2, 0) is 0 Å². The van der Waals surface area contributed by atoms with Crippen LogP contribution < -0.4 is 0 Å². The highest BCUT2D eigenvalue weighted by molar-refractivity contribution is 8.13. The van der Waals surface area contributed by atoms with Crippen molar-refractivity contribution in [1.29, 1.82) is 0 Å². The Bertz CT molecular complexity index is 195. The number of nitrogens with zero attached hydrogens (tertiary/aromatic N) is 1. The highest BCUT2D eigenvalue weighted by Gasteiger charge is 2.02. The van der Waals surface area contributed by atoms with Gasteiger partial charge in [-0.2, -0.15) is 5.10 Å². The summed E-state index contributed by atoms with van der Waals surface area (Å²) in [4.78, 5) is 10.8. The van der Waals surface area contributed by atoms with Gasteiger partial charge in [-0.05, 0) is 12.3 Å². The quantitative estimate of drug-likeness (QED) is 0.634. The number of carbonyl (C=O) groups is 1. The van der Waals surface area contributed by atoms with Crippen LogP contribution in [0.15, 0.2) is 12.3 Å². The number of aromatic nitrogens is 2. The molecular formula is C5H6N2OS. The highest BCUT2D eigenvalue weighted by Crippen LogP contribution is 2.03. The molecular weight excluding hydrogens is 136 g/mol. The molecule has 0 saturated carbocycles. The van der Waals surface area contributed by atoms with Crippen molar-refractivity contribution >= 4 is 16.9 Å². The normalized spacial score (nSPS) is 9.44. The first-order valence-corrected chi connectivity index (χ1v) is 3.65. The zero-order chi connectivity index (χ0) is 6.69. The molecule has 0 amide bonds. The van der Waals surface area contributed by atoms with Gasteiger partial charge in [0.2, 0.25) is 5.12 Å². The fraction of sp³-hybridized carbons (Fsp3) is 0.200. The zero-order valence-electron chi connectivity index (χ0n) is 4.92. The molecule has 0 fully saturated rings. The molecule has 0 radical (unpaired) electrons. The third-order valence-electron chi connectivity index (χ3n) is 0.906. The van der Waals surface area contributed by atoms with E-state index in [-0.39, 0.29) is 5.12 Å². The molecule has 48 valence electrons. The summed E-state index contributed by atoms with van der Waals surface area (Å²) in [5.74, 6) is 0. The molecule has 0 unspecified atom stereocenters. The molecule has 1 rings (SSSR count). The summed E-state index contributed by atoms with van der Waals surface area (Å²) < 4.78 is 0. The van der Waals surface area contributed by atoms with E-state index in [2.05, 4.69) is 10.2 Å². The maximum absolute atomic E-state index is 10.8. The molecule has 1 aromatic heterocycles. The van der Waals surface area contributed by atoms with Gasteiger partial charge in [0, 0.05) is 6.20 Å². The van der Waals surface area contributed by atoms with Crippen molar-refractivity contribution in [2.24, 2.45) is 0 Å². The summed E-state index contributed by atoms with van der Waals surface area (Å²) in [5, 5.41) is 6.22. The lowest BCUT2D eigenvalue weighted by atomic mass is 10.5. The number of thioether (sulfide) groups is 1. The molecule has 0 spiro atoms. The summed E-state index contributed by atoms with van der Waals surface area (Å²) in [6.07, 6.45) is 3.30. The van der Waals surface area contributed by atoms with Crippen LogP contribution in [0.3, 0.4) is 0 Å². The molecule has 1 N–H and O–H groups in total. The second-order valence-electron chi connectivity index (χ2n) is 1.46. The number of H-pyrrole nitrogens is 1. The lowest BCUT2D eigenvalue weighted by molar-refractivity contribution is 0.108. The Balaban J connectivity index is 2.77. The number of rotatable bonds is 1. The van der Waals surface area contributed by atoms with Gasteiger partial charge in [0.15, 0.2) is 0 Å². The van der Waals surface area contributed by atoms with E-state index in [1.807, 2.05) is 0 Å². The lowest BCUT2D eigenvalue weighted by Crippen LogP contribution is -1.91. The average molecular weight is 142 g/mol. The predicted octanol–water partition coefficient (Wildman–Crippen LogP) is 0.913. The SMILES string of the molecule is CSC(=O)c1ccn[nH]1. The second kappa shape index (κ2) is 2.68. The lowest BCUT2D eigenvalue weighted by Gasteiger charge is -1.86. The maximum atomic E-state index is 10.8. The van der Waals surface area contributed by atoms with Crippen molar-refractivity contribution in [2.45, 2.75) is 0 Å². The van der Waals surface area contributed by atoms with Crippen LogP contribution in [0.2, 0.25) is 0 Å². The van der Waals surface area contributed by atoms with Crippen LogP contribution in [0.25, 0.3) is 0 Å². The fourth-order valence-electron chi connectivity index (χ4n) is 0.480. The molecule has 0 aliphatic carbocycles. The molecule has 1 heterocycles. The Morgan fingerprint density at radius 3 is 3.11 bits per heavy atom. The minimum atomic E-state index is 0.0208. The Morgan fingerprint density at radius 1 is 1.89 bits per heavy atom. The largest absolute Gasteiger partial charge is 0.280 e. The number of hydrogen-bond donors (Lipinski definition) is 1. The monoisotopic (exact) mass is 142 g/mol. The highest BCUT2D eigenvalue weighted by atomic mass is 32.2. The van der Waals surface area contributed by atoms with Crippen molar-refractivity contribution in [1.82, 2.24) is 10.2 Å². The summed E-state index contributed by atoms with van der Waals surface area (Å²) in [6, 6.07) is 1.65. The van der Waals surface area contributed by atoms with Crippen LogP contribution in [0.1, 0.15) is 10.5 Å². The molecule has 0 aromatic carbocycles. The number of aromatic amines is 1. The van der Waals surface area contributed by atoms with Crippen molar-refractivity contribution in [3.63, 3.8) is 0 Å². The smallest absolute Gasteiger partial charge is 0.236 e.